The van der Waals surface area contributed by atoms with E-state index in [0.29, 0.717) is 17.1 Å². The van der Waals surface area contributed by atoms with Crippen LogP contribution in [0.3, 0.4) is 0 Å². The molecule has 0 aliphatic heterocycles. The first-order chi connectivity index (χ1) is 15.5. The van der Waals surface area contributed by atoms with Crippen LogP contribution in [-0.4, -0.2) is 25.6 Å². The summed E-state index contributed by atoms with van der Waals surface area (Å²) in [6, 6.07) is 16.4. The molecule has 0 saturated carbocycles. The van der Waals surface area contributed by atoms with Crippen LogP contribution in [0.15, 0.2) is 86.0 Å². The first kappa shape index (κ1) is 25.5. The average molecular weight is 490 g/mol. The summed E-state index contributed by atoms with van der Waals surface area (Å²) in [6.45, 7) is 3.74. The maximum Gasteiger partial charge on any atom is 0.425 e. The average Bonchev–Trinajstić information content (AvgIpc) is 2.71. The van der Waals surface area contributed by atoms with Gasteiger partial charge in [0.15, 0.2) is 0 Å². The van der Waals surface area contributed by atoms with Crippen molar-refractivity contribution in [2.75, 3.05) is 5.73 Å². The van der Waals surface area contributed by atoms with Crippen LogP contribution in [0.25, 0.3) is 0 Å². The van der Waals surface area contributed by atoms with Gasteiger partial charge in [0.05, 0.1) is 17.1 Å². The number of azo groups is 2. The van der Waals surface area contributed by atoms with Crippen LogP contribution in [0.1, 0.15) is 11.1 Å². The van der Waals surface area contributed by atoms with E-state index in [0.717, 1.165) is 16.8 Å². The molecule has 3 aromatic rings. The molecule has 172 valence electrons. The van der Waals surface area contributed by atoms with Crippen LogP contribution in [0, 0.1) is 13.8 Å². The van der Waals surface area contributed by atoms with Gasteiger partial charge in [0.1, 0.15) is 10.6 Å². The molecule has 33 heavy (non-hydrogen) atoms. The molecule has 0 amide bonds. The van der Waals surface area contributed by atoms with Gasteiger partial charge in [0.2, 0.25) is 0 Å². The lowest BCUT2D eigenvalue weighted by Gasteiger charge is -2.03. The maximum absolute atomic E-state index is 11.4. The summed E-state index contributed by atoms with van der Waals surface area (Å²) >= 11 is 0. The fourth-order valence-electron chi connectivity index (χ4n) is 2.58. The molecule has 0 fully saturated rings. The van der Waals surface area contributed by atoms with Gasteiger partial charge in [-0.2, -0.15) is 23.8 Å². The molecule has 0 aliphatic carbocycles. The largest absolute Gasteiger partial charge is 0.425 e. The normalized spacial score (nSPS) is 11.4. The van der Waals surface area contributed by atoms with Gasteiger partial charge in [-0.1, -0.05) is 12.1 Å². The summed E-state index contributed by atoms with van der Waals surface area (Å²) in [7, 11) is -7.49. The highest BCUT2D eigenvalue weighted by atomic mass is 32.2. The Morgan fingerprint density at radius 2 is 1.27 bits per heavy atom. The fraction of sp³-hybridized carbons (Fsp3) is 0.100. The summed E-state index contributed by atoms with van der Waals surface area (Å²) in [5.74, 6) is 0. The summed E-state index contributed by atoms with van der Waals surface area (Å²) in [5.41, 5.74) is 10.1. The van der Waals surface area contributed by atoms with E-state index in [4.69, 9.17) is 18.4 Å². The molecule has 0 heterocycles. The smallest absolute Gasteiger partial charge is 0.399 e. The van der Waals surface area contributed by atoms with Gasteiger partial charge in [0, 0.05) is 5.69 Å². The first-order valence-electron chi connectivity index (χ1n) is 9.11. The van der Waals surface area contributed by atoms with Gasteiger partial charge in [-0.15, -0.1) is 17.7 Å². The molecule has 3 rings (SSSR count). The Labute approximate surface area is 191 Å². The van der Waals surface area contributed by atoms with Crippen molar-refractivity contribution in [1.82, 2.24) is 0 Å². The van der Waals surface area contributed by atoms with Crippen molar-refractivity contribution < 1.29 is 25.6 Å². The van der Waals surface area contributed by atoms with E-state index < -0.39 is 20.7 Å². The number of nitrogens with two attached hydrogens (primary N) is 1. The van der Waals surface area contributed by atoms with Crippen molar-refractivity contribution in [3.8, 4) is 0 Å². The molecule has 0 saturated heterocycles. The molecule has 0 aliphatic rings. The second-order valence-corrected chi connectivity index (χ2v) is 8.36. The Balaban J connectivity index is 0.000000890. The van der Waals surface area contributed by atoms with Crippen molar-refractivity contribution in [1.29, 1.82) is 0 Å². The molecule has 0 atom stereocenters. The second-order valence-electron chi connectivity index (χ2n) is 6.56. The number of hydrogen-bond donors (Lipinski definition) is 2. The minimum Gasteiger partial charge on any atom is -0.399 e. The number of nitrogens with zero attached hydrogens (tertiary/aromatic N) is 4. The number of rotatable bonds is 5. The predicted octanol–water partition coefficient (Wildman–Crippen LogP) is 4.96. The molecule has 3 N–H and O–H groups in total. The molecule has 0 radical (unpaired) electrons. The lowest BCUT2D eigenvalue weighted by atomic mass is 10.2. The Kier molecular flexibility index (Phi) is 8.62. The predicted molar refractivity (Wildman–Crippen MR) is 121 cm³/mol. The Bertz CT molecular complexity index is 1430. The van der Waals surface area contributed by atoms with Gasteiger partial charge in [0.25, 0.3) is 10.1 Å². The number of benzene rings is 3. The molecule has 11 nitrogen and oxygen atoms in total. The van der Waals surface area contributed by atoms with Crippen LogP contribution in [0.5, 0.6) is 0 Å². The topological polar surface area (TPSA) is 181 Å². The standard InChI is InChI=1S/C20H19N5O3S.O3S/c1-13-11-15(21)7-9-17(13)23-22-16-8-10-18(14(2)12-16)24-25-19-5-3-4-6-20(19)29(26,27)28;1-4(2)3/h3-12H,21H2,1-2H3,(H,26,27,28);. The first-order valence-corrected chi connectivity index (χ1v) is 11.5. The summed E-state index contributed by atoms with van der Waals surface area (Å²) in [5, 5.41) is 16.5. The molecule has 0 spiro atoms. The molecule has 0 aromatic heterocycles. The molecule has 0 bridgehead atoms. The number of anilines is 1. The van der Waals surface area contributed by atoms with Gasteiger partial charge in [-0.25, -0.2) is 0 Å². The number of hydrogen-bond acceptors (Lipinski definition) is 10. The summed E-state index contributed by atoms with van der Waals surface area (Å²) in [6.07, 6.45) is 0. The van der Waals surface area contributed by atoms with Gasteiger partial charge in [-0.05, 0) is 73.5 Å². The monoisotopic (exact) mass is 489 g/mol. The third kappa shape index (κ3) is 7.99. The van der Waals surface area contributed by atoms with E-state index in [-0.39, 0.29) is 10.6 Å². The van der Waals surface area contributed by atoms with Crippen LogP contribution in [-0.2, 0) is 20.7 Å². The van der Waals surface area contributed by atoms with E-state index in [9.17, 15) is 13.0 Å². The summed E-state index contributed by atoms with van der Waals surface area (Å²) in [4.78, 5) is -0.300. The fourth-order valence-corrected chi connectivity index (χ4v) is 3.21. The zero-order chi connectivity index (χ0) is 24.6. The quantitative estimate of drug-likeness (QED) is 0.288. The van der Waals surface area contributed by atoms with Crippen molar-refractivity contribution in [2.24, 2.45) is 20.5 Å². The van der Waals surface area contributed by atoms with Crippen molar-refractivity contribution in [3.05, 3.63) is 71.8 Å². The van der Waals surface area contributed by atoms with Crippen LogP contribution in [0.4, 0.5) is 28.4 Å². The zero-order valence-corrected chi connectivity index (χ0v) is 19.1. The SMILES string of the molecule is Cc1cc(N)ccc1N=Nc1ccc(N=Nc2ccccc2S(=O)(=O)O)c(C)c1.O=S(=O)=O. The van der Waals surface area contributed by atoms with Crippen molar-refractivity contribution in [3.63, 3.8) is 0 Å². The minimum absolute atomic E-state index is 0.0528. The highest BCUT2D eigenvalue weighted by Crippen LogP contribution is 2.30. The molecule has 3 aromatic carbocycles. The number of aryl methyl sites for hydroxylation is 2. The van der Waals surface area contributed by atoms with Gasteiger partial charge < -0.3 is 5.73 Å². The Hall–Kier alpha value is -3.81. The summed E-state index contributed by atoms with van der Waals surface area (Å²) < 4.78 is 57.5. The Morgan fingerprint density at radius 1 is 0.758 bits per heavy atom. The van der Waals surface area contributed by atoms with Crippen molar-refractivity contribution >= 4 is 49.2 Å². The van der Waals surface area contributed by atoms with E-state index in [1.54, 1.807) is 36.4 Å². The molecule has 0 unspecified atom stereocenters. The van der Waals surface area contributed by atoms with Crippen molar-refractivity contribution in [2.45, 2.75) is 18.7 Å². The molecular formula is C20H19N5O6S2. The van der Waals surface area contributed by atoms with Crippen LogP contribution < -0.4 is 5.73 Å². The van der Waals surface area contributed by atoms with E-state index >= 15 is 0 Å². The highest BCUT2D eigenvalue weighted by molar-refractivity contribution is 7.86. The zero-order valence-electron chi connectivity index (χ0n) is 17.4. The molecule has 13 heteroatoms. The van der Waals surface area contributed by atoms with Crippen LogP contribution in [0.2, 0.25) is 0 Å². The van der Waals surface area contributed by atoms with E-state index in [1.807, 2.05) is 19.9 Å². The van der Waals surface area contributed by atoms with E-state index in [2.05, 4.69) is 20.5 Å². The lowest BCUT2D eigenvalue weighted by molar-refractivity contribution is 0.483. The minimum atomic E-state index is -4.38. The molecular weight excluding hydrogens is 470 g/mol. The van der Waals surface area contributed by atoms with Crippen LogP contribution >= 0.6 is 0 Å². The second kappa shape index (κ2) is 11.2. The maximum atomic E-state index is 11.4. The Morgan fingerprint density at radius 3 is 1.85 bits per heavy atom. The van der Waals surface area contributed by atoms with Gasteiger partial charge in [-0.3, -0.25) is 4.55 Å². The van der Waals surface area contributed by atoms with Gasteiger partial charge >= 0.3 is 10.6 Å². The highest BCUT2D eigenvalue weighted by Gasteiger charge is 2.14. The third-order valence-electron chi connectivity index (χ3n) is 4.08. The van der Waals surface area contributed by atoms with E-state index in [1.165, 1.54) is 18.2 Å². The third-order valence-corrected chi connectivity index (χ3v) is 4.98. The number of nitrogen functional groups attached to an aromatic ring is 1. The lowest BCUT2D eigenvalue weighted by Crippen LogP contribution is -1.97.